The van der Waals surface area contributed by atoms with Crippen LogP contribution in [0.1, 0.15) is 48.5 Å². The summed E-state index contributed by atoms with van der Waals surface area (Å²) in [7, 11) is 0. The number of Topliss-reactive ketones (excluding diaryl/α,β-unsaturated/α-hetero) is 1. The lowest BCUT2D eigenvalue weighted by molar-refractivity contribution is 0.0908. The van der Waals surface area contributed by atoms with Crippen LogP contribution in [0.2, 0.25) is 0 Å². The summed E-state index contributed by atoms with van der Waals surface area (Å²) in [4.78, 5) is 16.9. The number of para-hydroxylation sites is 1. The maximum absolute atomic E-state index is 12.9. The van der Waals surface area contributed by atoms with Crippen LogP contribution in [0.5, 0.6) is 5.75 Å². The van der Waals surface area contributed by atoms with Gasteiger partial charge in [0.1, 0.15) is 24.4 Å². The van der Waals surface area contributed by atoms with Gasteiger partial charge in [-0.15, -0.1) is 0 Å². The summed E-state index contributed by atoms with van der Waals surface area (Å²) in [5.41, 5.74) is 0.717. The van der Waals surface area contributed by atoms with E-state index in [1.807, 2.05) is 60.7 Å². The molecular weight excluding hydrogens is 338 g/mol. The molecule has 0 saturated carbocycles. The molecule has 1 heterocycles. The molecule has 1 unspecified atom stereocenters. The van der Waals surface area contributed by atoms with Crippen LogP contribution in [-0.4, -0.2) is 27.2 Å². The molecule has 3 aromatic rings. The van der Waals surface area contributed by atoms with Gasteiger partial charge in [-0.2, -0.15) is 5.10 Å². The van der Waals surface area contributed by atoms with Crippen LogP contribution in [0.3, 0.4) is 0 Å². The van der Waals surface area contributed by atoms with Gasteiger partial charge < -0.3 is 4.74 Å². The first kappa shape index (κ1) is 18.8. The van der Waals surface area contributed by atoms with E-state index in [2.05, 4.69) is 10.1 Å². The van der Waals surface area contributed by atoms with Gasteiger partial charge in [0.25, 0.3) is 0 Å². The Balaban J connectivity index is 1.43. The molecule has 0 radical (unpaired) electrons. The van der Waals surface area contributed by atoms with E-state index in [9.17, 15) is 4.79 Å². The summed E-state index contributed by atoms with van der Waals surface area (Å²) in [5.74, 6) is 1.01. The molecule has 0 N–H and O–H groups in total. The minimum Gasteiger partial charge on any atom is -0.494 e. The Morgan fingerprint density at radius 1 is 0.926 bits per heavy atom. The Morgan fingerprint density at radius 3 is 2.33 bits per heavy atom. The standard InChI is InChI=1S/C22H25N3O2/c26-22(19-11-5-3-6-12-19)21(25-18-23-17-24-25)15-9-1-2-10-16-27-20-13-7-4-8-14-20/h3-8,11-14,17-18,21H,1-2,9-10,15-16H2. The van der Waals surface area contributed by atoms with Crippen molar-refractivity contribution in [3.63, 3.8) is 0 Å². The molecule has 3 rings (SSSR count). The number of nitrogens with zero attached hydrogens (tertiary/aromatic N) is 3. The fourth-order valence-corrected chi connectivity index (χ4v) is 3.06. The van der Waals surface area contributed by atoms with Gasteiger partial charge in [-0.1, -0.05) is 67.8 Å². The number of ketones is 1. The number of aromatic nitrogens is 3. The zero-order valence-corrected chi connectivity index (χ0v) is 15.4. The molecule has 2 aromatic carbocycles. The Morgan fingerprint density at radius 2 is 1.63 bits per heavy atom. The minimum atomic E-state index is -0.296. The third-order valence-electron chi connectivity index (χ3n) is 4.50. The number of hydrogen-bond donors (Lipinski definition) is 0. The van der Waals surface area contributed by atoms with E-state index in [0.717, 1.165) is 44.5 Å². The van der Waals surface area contributed by atoms with E-state index in [1.54, 1.807) is 11.0 Å². The normalized spacial score (nSPS) is 11.9. The first-order valence-corrected chi connectivity index (χ1v) is 9.46. The van der Waals surface area contributed by atoms with E-state index < -0.39 is 0 Å². The van der Waals surface area contributed by atoms with E-state index in [-0.39, 0.29) is 11.8 Å². The van der Waals surface area contributed by atoms with Crippen molar-refractivity contribution in [3.05, 3.63) is 78.9 Å². The molecule has 0 saturated heterocycles. The third-order valence-corrected chi connectivity index (χ3v) is 4.50. The molecule has 0 bridgehead atoms. The summed E-state index contributed by atoms with van der Waals surface area (Å²) in [6.07, 6.45) is 7.98. The van der Waals surface area contributed by atoms with E-state index >= 15 is 0 Å². The van der Waals surface area contributed by atoms with Crippen molar-refractivity contribution in [2.24, 2.45) is 0 Å². The largest absolute Gasteiger partial charge is 0.494 e. The van der Waals surface area contributed by atoms with Crippen molar-refractivity contribution < 1.29 is 9.53 Å². The molecule has 0 amide bonds. The van der Waals surface area contributed by atoms with Gasteiger partial charge in [-0.05, 0) is 25.0 Å². The minimum absolute atomic E-state index is 0.0912. The predicted molar refractivity (Wildman–Crippen MR) is 105 cm³/mol. The molecule has 0 fully saturated rings. The number of carbonyl (C=O) groups is 1. The highest BCUT2D eigenvalue weighted by atomic mass is 16.5. The molecule has 1 aromatic heterocycles. The second-order valence-electron chi connectivity index (χ2n) is 6.49. The van der Waals surface area contributed by atoms with Crippen molar-refractivity contribution in [1.82, 2.24) is 14.8 Å². The molecular formula is C22H25N3O2. The zero-order chi connectivity index (χ0) is 18.7. The van der Waals surface area contributed by atoms with Crippen molar-refractivity contribution in [1.29, 1.82) is 0 Å². The summed E-state index contributed by atoms with van der Waals surface area (Å²) < 4.78 is 7.39. The Labute approximate surface area is 160 Å². The van der Waals surface area contributed by atoms with Gasteiger partial charge in [0.2, 0.25) is 0 Å². The monoisotopic (exact) mass is 363 g/mol. The maximum atomic E-state index is 12.9. The van der Waals surface area contributed by atoms with Crippen LogP contribution in [-0.2, 0) is 0 Å². The Kier molecular flexibility index (Phi) is 7.16. The number of rotatable bonds is 11. The van der Waals surface area contributed by atoms with Crippen LogP contribution < -0.4 is 4.74 Å². The predicted octanol–water partition coefficient (Wildman–Crippen LogP) is 4.73. The number of carbonyl (C=O) groups excluding carboxylic acids is 1. The van der Waals surface area contributed by atoms with E-state index in [4.69, 9.17) is 4.74 Å². The number of unbranched alkanes of at least 4 members (excludes halogenated alkanes) is 3. The summed E-state index contributed by atoms with van der Waals surface area (Å²) >= 11 is 0. The average molecular weight is 363 g/mol. The van der Waals surface area contributed by atoms with Crippen molar-refractivity contribution in [2.75, 3.05) is 6.61 Å². The summed E-state index contributed by atoms with van der Waals surface area (Å²) in [6, 6.07) is 19.0. The van der Waals surface area contributed by atoms with Crippen LogP contribution >= 0.6 is 0 Å². The molecule has 5 heteroatoms. The number of benzene rings is 2. The fourth-order valence-electron chi connectivity index (χ4n) is 3.06. The molecule has 0 aliphatic rings. The quantitative estimate of drug-likeness (QED) is 0.365. The molecule has 1 atom stereocenters. The van der Waals surface area contributed by atoms with Gasteiger partial charge in [0, 0.05) is 5.56 Å². The summed E-state index contributed by atoms with van der Waals surface area (Å²) in [6.45, 7) is 0.722. The van der Waals surface area contributed by atoms with Gasteiger partial charge >= 0.3 is 0 Å². The Bertz CT molecular complexity index is 789. The SMILES string of the molecule is O=C(c1ccccc1)C(CCCCCCOc1ccccc1)n1cncn1. The highest BCUT2D eigenvalue weighted by Crippen LogP contribution is 2.20. The second-order valence-corrected chi connectivity index (χ2v) is 6.49. The van der Waals surface area contributed by atoms with E-state index in [1.165, 1.54) is 6.33 Å². The highest BCUT2D eigenvalue weighted by Gasteiger charge is 2.21. The van der Waals surface area contributed by atoms with Crippen molar-refractivity contribution >= 4 is 5.78 Å². The topological polar surface area (TPSA) is 57.0 Å². The van der Waals surface area contributed by atoms with Crippen LogP contribution in [0.25, 0.3) is 0 Å². The first-order valence-electron chi connectivity index (χ1n) is 9.46. The lowest BCUT2D eigenvalue weighted by atomic mass is 9.99. The first-order chi connectivity index (χ1) is 13.3. The van der Waals surface area contributed by atoms with Crippen molar-refractivity contribution in [2.45, 2.75) is 38.1 Å². The molecule has 0 aliphatic carbocycles. The van der Waals surface area contributed by atoms with Crippen molar-refractivity contribution in [3.8, 4) is 5.75 Å². The van der Waals surface area contributed by atoms with Crippen LogP contribution in [0.4, 0.5) is 0 Å². The molecule has 140 valence electrons. The van der Waals surface area contributed by atoms with E-state index in [0.29, 0.717) is 5.56 Å². The maximum Gasteiger partial charge on any atom is 0.187 e. The van der Waals surface area contributed by atoms with Gasteiger partial charge in [0.15, 0.2) is 5.78 Å². The lowest BCUT2D eigenvalue weighted by Crippen LogP contribution is -2.20. The lowest BCUT2D eigenvalue weighted by Gasteiger charge is -2.16. The smallest absolute Gasteiger partial charge is 0.187 e. The third kappa shape index (κ3) is 5.78. The second kappa shape index (κ2) is 10.3. The highest BCUT2D eigenvalue weighted by molar-refractivity contribution is 5.98. The Hall–Kier alpha value is -2.95. The number of hydrogen-bond acceptors (Lipinski definition) is 4. The van der Waals surface area contributed by atoms with Gasteiger partial charge in [0.05, 0.1) is 6.61 Å². The molecule has 0 spiro atoms. The molecule has 0 aliphatic heterocycles. The van der Waals surface area contributed by atoms with Crippen LogP contribution in [0, 0.1) is 0 Å². The average Bonchev–Trinajstić information content (AvgIpc) is 3.25. The fraction of sp³-hybridized carbons (Fsp3) is 0.318. The summed E-state index contributed by atoms with van der Waals surface area (Å²) in [5, 5.41) is 4.19. The number of ether oxygens (including phenoxy) is 1. The van der Waals surface area contributed by atoms with Gasteiger partial charge in [-0.3, -0.25) is 4.79 Å². The zero-order valence-electron chi connectivity index (χ0n) is 15.4. The molecule has 5 nitrogen and oxygen atoms in total. The molecule has 27 heavy (non-hydrogen) atoms. The van der Waals surface area contributed by atoms with Gasteiger partial charge in [-0.25, -0.2) is 9.67 Å². The van der Waals surface area contributed by atoms with Crippen LogP contribution in [0.15, 0.2) is 73.3 Å².